The number of rotatable bonds is 3. The molecule has 0 aromatic heterocycles. The summed E-state index contributed by atoms with van der Waals surface area (Å²) in [7, 11) is 0. The van der Waals surface area contributed by atoms with E-state index in [1.807, 2.05) is 12.1 Å². The van der Waals surface area contributed by atoms with Crippen molar-refractivity contribution in [3.8, 4) is 0 Å². The molecular weight excluding hydrogens is 267 g/mol. The third-order valence-corrected chi connectivity index (χ3v) is 3.96. The SMILES string of the molecule is O=C(C=C1CCCCC1)Cc1ccc(Cl)c(Cl)c1. The fourth-order valence-corrected chi connectivity index (χ4v) is 2.60. The van der Waals surface area contributed by atoms with Gasteiger partial charge in [0.1, 0.15) is 0 Å². The fourth-order valence-electron chi connectivity index (χ4n) is 2.28. The Balaban J connectivity index is 2.00. The maximum Gasteiger partial charge on any atom is 0.160 e. The van der Waals surface area contributed by atoms with Gasteiger partial charge in [0.15, 0.2) is 5.78 Å². The zero-order valence-electron chi connectivity index (χ0n) is 10.2. The Hall–Kier alpha value is -0.790. The predicted molar refractivity (Wildman–Crippen MR) is 76.3 cm³/mol. The van der Waals surface area contributed by atoms with Crippen LogP contribution in [0.2, 0.25) is 10.0 Å². The Morgan fingerprint density at radius 3 is 2.50 bits per heavy atom. The molecule has 0 radical (unpaired) electrons. The first-order valence-corrected chi connectivity index (χ1v) is 7.07. The van der Waals surface area contributed by atoms with Gasteiger partial charge in [-0.1, -0.05) is 41.3 Å². The van der Waals surface area contributed by atoms with Crippen LogP contribution in [0.3, 0.4) is 0 Å². The van der Waals surface area contributed by atoms with Gasteiger partial charge in [-0.25, -0.2) is 0 Å². The summed E-state index contributed by atoms with van der Waals surface area (Å²) in [4.78, 5) is 11.9. The summed E-state index contributed by atoms with van der Waals surface area (Å²) in [5, 5.41) is 1.03. The van der Waals surface area contributed by atoms with Crippen LogP contribution in [0.4, 0.5) is 0 Å². The van der Waals surface area contributed by atoms with Gasteiger partial charge in [-0.2, -0.15) is 0 Å². The highest BCUT2D eigenvalue weighted by Gasteiger charge is 2.08. The van der Waals surface area contributed by atoms with Crippen molar-refractivity contribution in [2.24, 2.45) is 0 Å². The molecular formula is C15H16Cl2O. The number of hydrogen-bond acceptors (Lipinski definition) is 1. The molecule has 0 saturated heterocycles. The Labute approximate surface area is 118 Å². The van der Waals surface area contributed by atoms with Gasteiger partial charge in [0.2, 0.25) is 0 Å². The van der Waals surface area contributed by atoms with Crippen LogP contribution in [0.25, 0.3) is 0 Å². The molecule has 0 bridgehead atoms. The smallest absolute Gasteiger partial charge is 0.160 e. The van der Waals surface area contributed by atoms with Crippen molar-refractivity contribution >= 4 is 29.0 Å². The van der Waals surface area contributed by atoms with Gasteiger partial charge in [-0.15, -0.1) is 0 Å². The Kier molecular flexibility index (Phi) is 4.85. The van der Waals surface area contributed by atoms with E-state index in [1.54, 1.807) is 12.1 Å². The van der Waals surface area contributed by atoms with E-state index in [4.69, 9.17) is 23.2 Å². The maximum atomic E-state index is 11.9. The van der Waals surface area contributed by atoms with Gasteiger partial charge in [-0.05, 0) is 49.5 Å². The molecule has 0 unspecified atom stereocenters. The molecule has 0 heterocycles. The molecule has 1 aliphatic carbocycles. The molecule has 1 aromatic rings. The molecule has 18 heavy (non-hydrogen) atoms. The number of carbonyl (C=O) groups is 1. The first-order valence-electron chi connectivity index (χ1n) is 6.31. The second kappa shape index (κ2) is 6.40. The first kappa shape index (κ1) is 13.6. The molecule has 1 aromatic carbocycles. The molecule has 1 nitrogen and oxygen atoms in total. The summed E-state index contributed by atoms with van der Waals surface area (Å²) in [6.45, 7) is 0. The second-order valence-corrected chi connectivity index (χ2v) is 5.57. The molecule has 1 aliphatic rings. The van der Waals surface area contributed by atoms with E-state index in [-0.39, 0.29) is 5.78 Å². The standard InChI is InChI=1S/C15H16Cl2O/c16-14-7-6-12(10-15(14)17)9-13(18)8-11-4-2-1-3-5-11/h6-8,10H,1-5,9H2. The van der Waals surface area contributed by atoms with Gasteiger partial charge < -0.3 is 0 Å². The summed E-state index contributed by atoms with van der Waals surface area (Å²) >= 11 is 11.8. The third kappa shape index (κ3) is 3.86. The first-order chi connectivity index (χ1) is 8.65. The second-order valence-electron chi connectivity index (χ2n) is 4.75. The van der Waals surface area contributed by atoms with Gasteiger partial charge in [0.25, 0.3) is 0 Å². The Morgan fingerprint density at radius 1 is 1.11 bits per heavy atom. The summed E-state index contributed by atoms with van der Waals surface area (Å²) in [5.41, 5.74) is 2.22. The minimum Gasteiger partial charge on any atom is -0.294 e. The predicted octanol–water partition coefficient (Wildman–Crippen LogP) is 5.00. The van der Waals surface area contributed by atoms with Crippen LogP contribution >= 0.6 is 23.2 Å². The molecule has 0 spiro atoms. The van der Waals surface area contributed by atoms with E-state index in [2.05, 4.69) is 0 Å². The largest absolute Gasteiger partial charge is 0.294 e. The van der Waals surface area contributed by atoms with E-state index in [9.17, 15) is 4.79 Å². The van der Waals surface area contributed by atoms with Crippen molar-refractivity contribution in [3.05, 3.63) is 45.5 Å². The lowest BCUT2D eigenvalue weighted by Crippen LogP contribution is -2.02. The van der Waals surface area contributed by atoms with Crippen LogP contribution in [0.5, 0.6) is 0 Å². The molecule has 1 saturated carbocycles. The zero-order valence-corrected chi connectivity index (χ0v) is 11.7. The van der Waals surface area contributed by atoms with Crippen LogP contribution in [0, 0.1) is 0 Å². The topological polar surface area (TPSA) is 17.1 Å². The Morgan fingerprint density at radius 2 is 1.83 bits per heavy atom. The molecule has 0 N–H and O–H groups in total. The van der Waals surface area contributed by atoms with Crippen LogP contribution in [-0.2, 0) is 11.2 Å². The molecule has 96 valence electrons. The van der Waals surface area contributed by atoms with Gasteiger partial charge in [0, 0.05) is 6.42 Å². The minimum atomic E-state index is 0.158. The van der Waals surface area contributed by atoms with Gasteiger partial charge in [0.05, 0.1) is 10.0 Å². The lowest BCUT2D eigenvalue weighted by molar-refractivity contribution is -0.114. The summed E-state index contributed by atoms with van der Waals surface area (Å²) in [6.07, 6.45) is 8.10. The van der Waals surface area contributed by atoms with Crippen LogP contribution < -0.4 is 0 Å². The highest BCUT2D eigenvalue weighted by molar-refractivity contribution is 6.42. The lowest BCUT2D eigenvalue weighted by atomic mass is 9.93. The summed E-state index contributed by atoms with van der Waals surface area (Å²) in [6, 6.07) is 5.35. The molecule has 0 aliphatic heterocycles. The maximum absolute atomic E-state index is 11.9. The van der Waals surface area contributed by atoms with Crippen molar-refractivity contribution in [2.45, 2.75) is 38.5 Å². The highest BCUT2D eigenvalue weighted by Crippen LogP contribution is 2.24. The molecule has 3 heteroatoms. The third-order valence-electron chi connectivity index (χ3n) is 3.22. The number of ketones is 1. The molecule has 0 amide bonds. The summed E-state index contributed by atoms with van der Waals surface area (Å²) in [5.74, 6) is 0.158. The number of benzene rings is 1. The monoisotopic (exact) mass is 282 g/mol. The number of hydrogen-bond donors (Lipinski definition) is 0. The average molecular weight is 283 g/mol. The Bertz CT molecular complexity index is 469. The van der Waals surface area contributed by atoms with Crippen LogP contribution in [0.15, 0.2) is 29.8 Å². The van der Waals surface area contributed by atoms with Crippen LogP contribution in [-0.4, -0.2) is 5.78 Å². The quantitative estimate of drug-likeness (QED) is 0.714. The number of allylic oxidation sites excluding steroid dienone is 2. The molecule has 2 rings (SSSR count). The van der Waals surface area contributed by atoms with E-state index in [1.165, 1.54) is 24.8 Å². The van der Waals surface area contributed by atoms with Crippen molar-refractivity contribution < 1.29 is 4.79 Å². The number of carbonyl (C=O) groups excluding carboxylic acids is 1. The molecule has 1 fully saturated rings. The number of halogens is 2. The lowest BCUT2D eigenvalue weighted by Gasteiger charge is -2.12. The molecule has 0 atom stereocenters. The van der Waals surface area contributed by atoms with Crippen molar-refractivity contribution in [3.63, 3.8) is 0 Å². The summed E-state index contributed by atoms with van der Waals surface area (Å²) < 4.78 is 0. The van der Waals surface area contributed by atoms with E-state index < -0.39 is 0 Å². The van der Waals surface area contributed by atoms with E-state index in [0.717, 1.165) is 18.4 Å². The van der Waals surface area contributed by atoms with Crippen LogP contribution in [0.1, 0.15) is 37.7 Å². The van der Waals surface area contributed by atoms with Gasteiger partial charge >= 0.3 is 0 Å². The van der Waals surface area contributed by atoms with Crippen molar-refractivity contribution in [2.75, 3.05) is 0 Å². The van der Waals surface area contributed by atoms with E-state index >= 15 is 0 Å². The van der Waals surface area contributed by atoms with E-state index in [0.29, 0.717) is 16.5 Å². The van der Waals surface area contributed by atoms with Crippen molar-refractivity contribution in [1.82, 2.24) is 0 Å². The normalized spacial score (nSPS) is 15.6. The van der Waals surface area contributed by atoms with Crippen molar-refractivity contribution in [1.29, 1.82) is 0 Å². The average Bonchev–Trinajstić information content (AvgIpc) is 2.35. The van der Waals surface area contributed by atoms with Gasteiger partial charge in [-0.3, -0.25) is 4.79 Å². The zero-order chi connectivity index (χ0) is 13.0. The highest BCUT2D eigenvalue weighted by atomic mass is 35.5. The minimum absolute atomic E-state index is 0.158. The fraction of sp³-hybridized carbons (Fsp3) is 0.400.